The van der Waals surface area contributed by atoms with E-state index in [2.05, 4.69) is 40.7 Å². The van der Waals surface area contributed by atoms with E-state index in [1.165, 1.54) is 6.92 Å². The van der Waals surface area contributed by atoms with Crippen molar-refractivity contribution in [3.63, 3.8) is 0 Å². The number of fused-ring (bicyclic) bond motifs is 7. The molecule has 0 amide bonds. The Kier molecular flexibility index (Phi) is 15.7. The van der Waals surface area contributed by atoms with Gasteiger partial charge in [0.1, 0.15) is 67.1 Å². The summed E-state index contributed by atoms with van der Waals surface area (Å²) in [7, 11) is 0. The van der Waals surface area contributed by atoms with Gasteiger partial charge in [-0.3, -0.25) is 4.79 Å². The number of carbonyl (C=O) groups is 2. The average molecular weight is 1080 g/mol. The Morgan fingerprint density at radius 1 is 0.627 bits per heavy atom. The summed E-state index contributed by atoms with van der Waals surface area (Å²) in [6.45, 7) is 13.1. The van der Waals surface area contributed by atoms with Crippen LogP contribution < -0.4 is 0 Å². The van der Waals surface area contributed by atoms with E-state index in [0.717, 1.165) is 5.57 Å². The van der Waals surface area contributed by atoms with Gasteiger partial charge in [-0.1, -0.05) is 53.2 Å². The second-order valence-electron chi connectivity index (χ2n) is 25.4. The molecule has 4 saturated carbocycles. The van der Waals surface area contributed by atoms with Crippen LogP contribution in [0.3, 0.4) is 0 Å². The molecule has 4 aliphatic heterocycles. The van der Waals surface area contributed by atoms with Gasteiger partial charge in [0, 0.05) is 5.41 Å². The molecule has 0 radical (unpaired) electrons. The highest BCUT2D eigenvalue weighted by Crippen LogP contribution is 2.76. The molecule has 9 rings (SSSR count). The summed E-state index contributed by atoms with van der Waals surface area (Å²) >= 11 is 0. The zero-order chi connectivity index (χ0) is 54.9. The zero-order valence-electron chi connectivity index (χ0n) is 43.7. The normalized spacial score (nSPS) is 54.8. The topological polar surface area (TPSA) is 371 Å². The molecular weight excluding hydrogens is 993 g/mol. The molecule has 0 bridgehead atoms. The quantitative estimate of drug-likeness (QED) is 0.0659. The molecule has 9 aliphatic rings. The van der Waals surface area contributed by atoms with Gasteiger partial charge in [-0.05, 0) is 104 Å². The standard InChI is InChI=1S/C52H82O23/c1-21-37(71-42-34(62)29(57)25(55)18-68-42)33(61)36(64)43(70-21)73-39-30(58)26(56)19-69-45(39)75-46(67)52-14-12-47(2,3)16-23(52)22-8-9-28-48(4)17-24(54)40(74-44-35(63)31(59)32(60)38(72-44)41(65)66)49(5,20-53)27(48)10-11-51(28,7)50(22,6)13-15-52/h8,21,23-40,42-45,53-64H,9-20H2,1-7H3,(H,65,66). The number of allylic oxidation sites excluding steroid dienone is 2. The average Bonchev–Trinajstić information content (AvgIpc) is 3.35. The number of aliphatic hydroxyl groups is 12. The van der Waals surface area contributed by atoms with E-state index in [-0.39, 0.29) is 36.2 Å². The predicted molar refractivity (Wildman–Crippen MR) is 253 cm³/mol. The highest BCUT2D eigenvalue weighted by Gasteiger charge is 2.72. The molecule has 8 fully saturated rings. The molecule has 5 aliphatic carbocycles. The molecule has 4 heterocycles. The predicted octanol–water partition coefficient (Wildman–Crippen LogP) is -1.69. The van der Waals surface area contributed by atoms with Crippen LogP contribution in [0.15, 0.2) is 11.6 Å². The van der Waals surface area contributed by atoms with E-state index >= 15 is 4.79 Å². The van der Waals surface area contributed by atoms with Gasteiger partial charge in [0.05, 0.1) is 43.5 Å². The minimum atomic E-state index is -1.94. The Balaban J connectivity index is 0.947. The molecule has 13 N–H and O–H groups in total. The molecule has 23 nitrogen and oxygen atoms in total. The van der Waals surface area contributed by atoms with Crippen molar-refractivity contribution in [1.29, 1.82) is 0 Å². The molecule has 0 aromatic heterocycles. The second kappa shape index (κ2) is 20.5. The molecule has 28 unspecified atom stereocenters. The zero-order valence-corrected chi connectivity index (χ0v) is 43.7. The van der Waals surface area contributed by atoms with E-state index in [1.54, 1.807) is 0 Å². The largest absolute Gasteiger partial charge is 0.479 e. The molecular formula is C52H82O23. The summed E-state index contributed by atoms with van der Waals surface area (Å²) in [6.07, 6.45) is -24.9. The summed E-state index contributed by atoms with van der Waals surface area (Å²) in [5.74, 6) is -2.76. The highest BCUT2D eigenvalue weighted by molar-refractivity contribution is 5.79. The number of esters is 1. The Morgan fingerprint density at radius 3 is 1.89 bits per heavy atom. The van der Waals surface area contributed by atoms with Crippen LogP contribution in [0.2, 0.25) is 0 Å². The van der Waals surface area contributed by atoms with Gasteiger partial charge < -0.3 is 104 Å². The Morgan fingerprint density at radius 2 is 1.23 bits per heavy atom. The number of carboxylic acid groups (broad SMARTS) is 1. The molecule has 0 aromatic carbocycles. The maximum Gasteiger partial charge on any atom is 0.335 e. The lowest BCUT2D eigenvalue weighted by molar-refractivity contribution is -0.368. The van der Waals surface area contributed by atoms with Crippen LogP contribution in [0, 0.1) is 50.2 Å². The van der Waals surface area contributed by atoms with Gasteiger partial charge in [0.15, 0.2) is 31.1 Å². The van der Waals surface area contributed by atoms with Crippen LogP contribution in [0.25, 0.3) is 0 Å². The Hall–Kier alpha value is -2.08. The third-order valence-corrected chi connectivity index (χ3v) is 20.7. The van der Waals surface area contributed by atoms with Crippen LogP contribution in [-0.2, 0) is 47.5 Å². The summed E-state index contributed by atoms with van der Waals surface area (Å²) in [6, 6.07) is 0. The first-order valence-corrected chi connectivity index (χ1v) is 26.7. The van der Waals surface area contributed by atoms with Gasteiger partial charge in [-0.25, -0.2) is 4.79 Å². The first kappa shape index (κ1) is 57.6. The van der Waals surface area contributed by atoms with Crippen LogP contribution in [0.5, 0.6) is 0 Å². The minimum Gasteiger partial charge on any atom is -0.479 e. The monoisotopic (exact) mass is 1070 g/mol. The number of carbonyl (C=O) groups excluding carboxylic acids is 1. The maximum atomic E-state index is 15.3. The van der Waals surface area contributed by atoms with Crippen molar-refractivity contribution in [3.8, 4) is 0 Å². The maximum absolute atomic E-state index is 15.3. The number of rotatable bonds is 10. The van der Waals surface area contributed by atoms with Crippen molar-refractivity contribution >= 4 is 11.9 Å². The lowest BCUT2D eigenvalue weighted by atomic mass is 9.33. The Bertz CT molecular complexity index is 2130. The summed E-state index contributed by atoms with van der Waals surface area (Å²) < 4.78 is 47.0. The second-order valence-corrected chi connectivity index (χ2v) is 25.4. The van der Waals surface area contributed by atoms with E-state index in [9.17, 15) is 71.2 Å². The van der Waals surface area contributed by atoms with Crippen molar-refractivity contribution in [1.82, 2.24) is 0 Å². The van der Waals surface area contributed by atoms with Gasteiger partial charge in [-0.2, -0.15) is 0 Å². The minimum absolute atomic E-state index is 0.0455. The first-order chi connectivity index (χ1) is 35.0. The van der Waals surface area contributed by atoms with E-state index in [1.807, 2.05) is 6.92 Å². The fourth-order valence-corrected chi connectivity index (χ4v) is 16.0. The summed E-state index contributed by atoms with van der Waals surface area (Å²) in [4.78, 5) is 27.2. The van der Waals surface area contributed by atoms with E-state index in [4.69, 9.17) is 37.9 Å². The van der Waals surface area contributed by atoms with Crippen molar-refractivity contribution in [2.75, 3.05) is 19.8 Å². The van der Waals surface area contributed by atoms with Crippen molar-refractivity contribution < 1.29 is 114 Å². The van der Waals surface area contributed by atoms with Gasteiger partial charge in [0.25, 0.3) is 0 Å². The number of hydrogen-bond acceptors (Lipinski definition) is 22. The molecule has 0 aromatic rings. The molecule has 23 heteroatoms. The molecule has 75 heavy (non-hydrogen) atoms. The van der Waals surface area contributed by atoms with Gasteiger partial charge >= 0.3 is 11.9 Å². The first-order valence-electron chi connectivity index (χ1n) is 26.7. The van der Waals surface area contributed by atoms with Crippen molar-refractivity contribution in [2.24, 2.45) is 50.2 Å². The third kappa shape index (κ3) is 9.25. The molecule has 28 atom stereocenters. The fraction of sp³-hybridized carbons (Fsp3) is 0.923. The smallest absolute Gasteiger partial charge is 0.335 e. The molecule has 4 saturated heterocycles. The Labute approximate surface area is 435 Å². The highest BCUT2D eigenvalue weighted by atomic mass is 16.8. The van der Waals surface area contributed by atoms with Crippen molar-refractivity contribution in [3.05, 3.63) is 11.6 Å². The van der Waals surface area contributed by atoms with Gasteiger partial charge in [0.2, 0.25) is 6.29 Å². The fourth-order valence-electron chi connectivity index (χ4n) is 16.0. The third-order valence-electron chi connectivity index (χ3n) is 20.7. The number of carboxylic acids is 1. The van der Waals surface area contributed by atoms with Crippen LogP contribution in [-0.4, -0.2) is 221 Å². The SMILES string of the molecule is CC1OC(OC2C(OC(=O)C34CCC(C)(C)CC3C3=CCC5C6(C)CC(O)C(OC7OC(C(=O)O)C(O)C(O)C7O)C(C)(CO)C6CCC5(C)C3(C)CC4)OCC(O)C2O)C(O)C(O)C1OC1OCC(O)C(O)C1O. The lowest BCUT2D eigenvalue weighted by Gasteiger charge is -2.71. The van der Waals surface area contributed by atoms with Crippen LogP contribution in [0.4, 0.5) is 0 Å². The molecule has 0 spiro atoms. The lowest BCUT2D eigenvalue weighted by Crippen LogP contribution is -2.69. The summed E-state index contributed by atoms with van der Waals surface area (Å²) in [5.41, 5.74) is -2.70. The van der Waals surface area contributed by atoms with E-state index in [0.29, 0.717) is 51.4 Å². The van der Waals surface area contributed by atoms with Gasteiger partial charge in [-0.15, -0.1) is 0 Å². The van der Waals surface area contributed by atoms with Crippen molar-refractivity contribution in [2.45, 2.75) is 229 Å². The molecule has 428 valence electrons. The number of hydrogen-bond donors (Lipinski definition) is 13. The van der Waals surface area contributed by atoms with Crippen LogP contribution >= 0.6 is 0 Å². The number of aliphatic hydroxyl groups excluding tert-OH is 12. The summed E-state index contributed by atoms with van der Waals surface area (Å²) in [5, 5.41) is 140. The van der Waals surface area contributed by atoms with Crippen LogP contribution in [0.1, 0.15) is 106 Å². The number of ether oxygens (including phenoxy) is 8. The number of aliphatic carboxylic acids is 1. The van der Waals surface area contributed by atoms with E-state index < -0.39 is 175 Å².